The van der Waals surface area contributed by atoms with E-state index < -0.39 is 0 Å². The summed E-state index contributed by atoms with van der Waals surface area (Å²) in [5.74, 6) is 0.0621. The van der Waals surface area contributed by atoms with Crippen molar-refractivity contribution in [2.75, 3.05) is 18.4 Å². The second-order valence-electron chi connectivity index (χ2n) is 3.14. The first-order valence-corrected chi connectivity index (χ1v) is 5.36. The maximum Gasteiger partial charge on any atom is 0.221 e. The Morgan fingerprint density at radius 3 is 2.93 bits per heavy atom. The number of amides is 1. The van der Waals surface area contributed by atoms with Crippen LogP contribution in [0.1, 0.15) is 13.3 Å². The average molecular weight is 227 g/mol. The zero-order chi connectivity index (χ0) is 11.1. The molecule has 0 unspecified atom stereocenters. The van der Waals surface area contributed by atoms with Gasteiger partial charge in [-0.05, 0) is 25.1 Å². The van der Waals surface area contributed by atoms with Gasteiger partial charge in [0, 0.05) is 30.2 Å². The van der Waals surface area contributed by atoms with Crippen LogP contribution >= 0.6 is 11.6 Å². The van der Waals surface area contributed by atoms with Gasteiger partial charge in [0.05, 0.1) is 0 Å². The van der Waals surface area contributed by atoms with Gasteiger partial charge in [-0.1, -0.05) is 17.7 Å². The molecule has 4 heteroatoms. The molecule has 0 saturated heterocycles. The maximum absolute atomic E-state index is 11.1. The Bertz CT molecular complexity index is 328. The number of anilines is 1. The van der Waals surface area contributed by atoms with Crippen LogP contribution in [0.4, 0.5) is 5.69 Å². The molecule has 1 aromatic carbocycles. The van der Waals surface area contributed by atoms with Crippen molar-refractivity contribution in [2.45, 2.75) is 13.3 Å². The van der Waals surface area contributed by atoms with Gasteiger partial charge >= 0.3 is 0 Å². The second kappa shape index (κ2) is 6.30. The summed E-state index contributed by atoms with van der Waals surface area (Å²) < 4.78 is 0. The van der Waals surface area contributed by atoms with Gasteiger partial charge in [0.1, 0.15) is 0 Å². The molecule has 0 heterocycles. The van der Waals surface area contributed by atoms with Crippen molar-refractivity contribution in [3.8, 4) is 0 Å². The summed E-state index contributed by atoms with van der Waals surface area (Å²) in [6.45, 7) is 3.20. The number of hydrogen-bond acceptors (Lipinski definition) is 2. The molecule has 1 amide bonds. The van der Waals surface area contributed by atoms with Crippen molar-refractivity contribution in [1.82, 2.24) is 5.32 Å². The Morgan fingerprint density at radius 1 is 1.47 bits per heavy atom. The molecule has 0 saturated carbocycles. The molecular weight excluding hydrogens is 212 g/mol. The number of hydrogen-bond donors (Lipinski definition) is 2. The topological polar surface area (TPSA) is 41.1 Å². The number of halogens is 1. The zero-order valence-corrected chi connectivity index (χ0v) is 9.47. The van der Waals surface area contributed by atoms with Gasteiger partial charge in [-0.2, -0.15) is 0 Å². The summed E-state index contributed by atoms with van der Waals surface area (Å²) in [7, 11) is 0. The van der Waals surface area contributed by atoms with Gasteiger partial charge in [-0.15, -0.1) is 0 Å². The molecule has 0 aliphatic carbocycles. The molecule has 2 N–H and O–H groups in total. The maximum atomic E-state index is 11.1. The second-order valence-corrected chi connectivity index (χ2v) is 3.58. The van der Waals surface area contributed by atoms with E-state index in [1.165, 1.54) is 0 Å². The van der Waals surface area contributed by atoms with Crippen molar-refractivity contribution in [2.24, 2.45) is 0 Å². The first kappa shape index (κ1) is 11.9. The summed E-state index contributed by atoms with van der Waals surface area (Å²) in [5, 5.41) is 6.56. The van der Waals surface area contributed by atoms with E-state index in [9.17, 15) is 4.79 Å². The molecule has 0 radical (unpaired) electrons. The zero-order valence-electron chi connectivity index (χ0n) is 8.72. The molecule has 1 aromatic rings. The van der Waals surface area contributed by atoms with Crippen LogP contribution in [0.2, 0.25) is 5.02 Å². The smallest absolute Gasteiger partial charge is 0.221 e. The van der Waals surface area contributed by atoms with Crippen molar-refractivity contribution >= 4 is 23.2 Å². The van der Waals surface area contributed by atoms with Gasteiger partial charge in [-0.25, -0.2) is 0 Å². The predicted octanol–water partition coefficient (Wildman–Crippen LogP) is 2.28. The minimum atomic E-state index is 0.0621. The average Bonchev–Trinajstić information content (AvgIpc) is 2.18. The standard InChI is InChI=1S/C11H15ClN2O/c1-2-13-11(15)6-7-14-10-5-3-4-9(12)8-10/h3-5,8,14H,2,6-7H2,1H3,(H,13,15). The van der Waals surface area contributed by atoms with E-state index in [0.29, 0.717) is 24.5 Å². The normalized spacial score (nSPS) is 9.73. The summed E-state index contributed by atoms with van der Waals surface area (Å²) in [5.41, 5.74) is 0.937. The van der Waals surface area contributed by atoms with E-state index in [1.807, 2.05) is 31.2 Å². The number of carbonyl (C=O) groups is 1. The number of nitrogens with one attached hydrogen (secondary N) is 2. The molecule has 0 aliphatic heterocycles. The molecule has 0 bridgehead atoms. The first-order chi connectivity index (χ1) is 7.22. The molecule has 0 aromatic heterocycles. The van der Waals surface area contributed by atoms with Crippen LogP contribution in [0, 0.1) is 0 Å². The Hall–Kier alpha value is -1.22. The van der Waals surface area contributed by atoms with Crippen LogP contribution in [0.25, 0.3) is 0 Å². The third kappa shape index (κ3) is 4.70. The molecule has 0 spiro atoms. The van der Waals surface area contributed by atoms with Gasteiger partial charge in [0.2, 0.25) is 5.91 Å². The van der Waals surface area contributed by atoms with Crippen LogP contribution in [0.3, 0.4) is 0 Å². The molecule has 82 valence electrons. The first-order valence-electron chi connectivity index (χ1n) is 4.98. The monoisotopic (exact) mass is 226 g/mol. The lowest BCUT2D eigenvalue weighted by atomic mass is 10.3. The van der Waals surface area contributed by atoms with E-state index in [-0.39, 0.29) is 5.91 Å². The highest BCUT2D eigenvalue weighted by atomic mass is 35.5. The lowest BCUT2D eigenvalue weighted by Gasteiger charge is -2.06. The van der Waals surface area contributed by atoms with Crippen molar-refractivity contribution < 1.29 is 4.79 Å². The highest BCUT2D eigenvalue weighted by molar-refractivity contribution is 6.30. The van der Waals surface area contributed by atoms with Crippen LogP contribution in [-0.4, -0.2) is 19.0 Å². The molecule has 0 aliphatic rings. The molecule has 1 rings (SSSR count). The van der Waals surface area contributed by atoms with E-state index >= 15 is 0 Å². The summed E-state index contributed by atoms with van der Waals surface area (Å²) in [6.07, 6.45) is 0.473. The summed E-state index contributed by atoms with van der Waals surface area (Å²) in [4.78, 5) is 11.1. The third-order valence-electron chi connectivity index (χ3n) is 1.88. The van der Waals surface area contributed by atoms with Crippen LogP contribution in [0.5, 0.6) is 0 Å². The van der Waals surface area contributed by atoms with Gasteiger partial charge in [0.25, 0.3) is 0 Å². The lowest BCUT2D eigenvalue weighted by molar-refractivity contribution is -0.120. The molecule has 0 atom stereocenters. The van der Waals surface area contributed by atoms with Gasteiger partial charge in [-0.3, -0.25) is 4.79 Å². The quantitative estimate of drug-likeness (QED) is 0.809. The van der Waals surface area contributed by atoms with Crippen molar-refractivity contribution in [3.63, 3.8) is 0 Å². The Morgan fingerprint density at radius 2 is 2.27 bits per heavy atom. The van der Waals surface area contributed by atoms with Crippen molar-refractivity contribution in [3.05, 3.63) is 29.3 Å². The largest absolute Gasteiger partial charge is 0.384 e. The molecule has 3 nitrogen and oxygen atoms in total. The number of rotatable bonds is 5. The summed E-state index contributed by atoms with van der Waals surface area (Å²) in [6, 6.07) is 7.44. The minimum absolute atomic E-state index is 0.0621. The van der Waals surface area contributed by atoms with E-state index in [4.69, 9.17) is 11.6 Å². The SMILES string of the molecule is CCNC(=O)CCNc1cccc(Cl)c1. The fraction of sp³-hybridized carbons (Fsp3) is 0.364. The Balaban J connectivity index is 2.28. The van der Waals surface area contributed by atoms with Crippen LogP contribution in [-0.2, 0) is 4.79 Å². The predicted molar refractivity (Wildman–Crippen MR) is 63.2 cm³/mol. The fourth-order valence-corrected chi connectivity index (χ4v) is 1.39. The van der Waals surface area contributed by atoms with Gasteiger partial charge < -0.3 is 10.6 Å². The lowest BCUT2D eigenvalue weighted by Crippen LogP contribution is -2.24. The Kier molecular flexibility index (Phi) is 4.98. The van der Waals surface area contributed by atoms with Gasteiger partial charge in [0.15, 0.2) is 0 Å². The fourth-order valence-electron chi connectivity index (χ4n) is 1.20. The minimum Gasteiger partial charge on any atom is -0.384 e. The van der Waals surface area contributed by atoms with Crippen LogP contribution < -0.4 is 10.6 Å². The Labute approximate surface area is 94.8 Å². The molecule has 15 heavy (non-hydrogen) atoms. The number of carbonyl (C=O) groups excluding carboxylic acids is 1. The van der Waals surface area contributed by atoms with E-state index in [2.05, 4.69) is 10.6 Å². The number of benzene rings is 1. The highest BCUT2D eigenvalue weighted by Crippen LogP contribution is 2.14. The van der Waals surface area contributed by atoms with Crippen LogP contribution in [0.15, 0.2) is 24.3 Å². The molecule has 0 fully saturated rings. The van der Waals surface area contributed by atoms with E-state index in [0.717, 1.165) is 5.69 Å². The van der Waals surface area contributed by atoms with E-state index in [1.54, 1.807) is 0 Å². The molecular formula is C11H15ClN2O. The third-order valence-corrected chi connectivity index (χ3v) is 2.11. The van der Waals surface area contributed by atoms with Crippen molar-refractivity contribution in [1.29, 1.82) is 0 Å². The highest BCUT2D eigenvalue weighted by Gasteiger charge is 1.98. The summed E-state index contributed by atoms with van der Waals surface area (Å²) >= 11 is 5.82.